The Morgan fingerprint density at radius 2 is 1.81 bits per heavy atom. The molecular formula is C25H33N5O2. The summed E-state index contributed by atoms with van der Waals surface area (Å²) in [6.07, 6.45) is 8.73. The summed E-state index contributed by atoms with van der Waals surface area (Å²) in [4.78, 5) is 27.8. The number of carbonyl (C=O) groups is 2. The molecule has 1 N–H and O–H groups in total. The van der Waals surface area contributed by atoms with Gasteiger partial charge in [0, 0.05) is 32.1 Å². The Labute approximate surface area is 189 Å². The van der Waals surface area contributed by atoms with Gasteiger partial charge in [0.2, 0.25) is 11.7 Å². The number of hydrogen-bond acceptors (Lipinski definition) is 4. The first kappa shape index (κ1) is 21.2. The van der Waals surface area contributed by atoms with E-state index in [4.69, 9.17) is 0 Å². The van der Waals surface area contributed by atoms with Crippen LogP contribution in [0.1, 0.15) is 72.5 Å². The highest BCUT2D eigenvalue weighted by molar-refractivity contribution is 5.91. The van der Waals surface area contributed by atoms with Crippen LogP contribution in [0.5, 0.6) is 0 Å². The van der Waals surface area contributed by atoms with Gasteiger partial charge in [-0.25, -0.2) is 0 Å². The van der Waals surface area contributed by atoms with Crippen LogP contribution in [-0.2, 0) is 24.2 Å². The molecule has 7 nitrogen and oxygen atoms in total. The van der Waals surface area contributed by atoms with Crippen LogP contribution in [0.2, 0.25) is 0 Å². The zero-order valence-electron chi connectivity index (χ0n) is 19.0. The van der Waals surface area contributed by atoms with Gasteiger partial charge < -0.3 is 14.8 Å². The first-order chi connectivity index (χ1) is 15.5. The van der Waals surface area contributed by atoms with Crippen LogP contribution in [0.25, 0.3) is 0 Å². The van der Waals surface area contributed by atoms with E-state index in [1.165, 1.54) is 18.4 Å². The van der Waals surface area contributed by atoms with Gasteiger partial charge in [-0.05, 0) is 50.0 Å². The predicted molar refractivity (Wildman–Crippen MR) is 121 cm³/mol. The average molecular weight is 436 g/mol. The average Bonchev–Trinajstić information content (AvgIpc) is 3.50. The van der Waals surface area contributed by atoms with E-state index >= 15 is 0 Å². The molecule has 2 fully saturated rings. The van der Waals surface area contributed by atoms with Crippen LogP contribution in [0, 0.1) is 12.3 Å². The van der Waals surface area contributed by atoms with Crippen LogP contribution >= 0.6 is 0 Å². The lowest BCUT2D eigenvalue weighted by Gasteiger charge is -2.27. The highest BCUT2D eigenvalue weighted by Gasteiger charge is 2.41. The molecule has 2 amide bonds. The molecule has 32 heavy (non-hydrogen) atoms. The molecule has 3 heterocycles. The Morgan fingerprint density at radius 1 is 1.06 bits per heavy atom. The van der Waals surface area contributed by atoms with E-state index in [9.17, 15) is 9.59 Å². The lowest BCUT2D eigenvalue weighted by molar-refractivity contribution is -0.129. The number of carbonyl (C=O) groups excluding carboxylic acids is 2. The number of aromatic nitrogens is 3. The Morgan fingerprint density at radius 3 is 2.59 bits per heavy atom. The SMILES string of the molecule is Cc1ccc(CC(=O)N2CC[C@]3(CCc4nnc(C(=O)NC5CCCC5)n4CC3)C2)cc1. The number of amides is 2. The molecular weight excluding hydrogens is 402 g/mol. The first-order valence-corrected chi connectivity index (χ1v) is 12.1. The molecule has 1 saturated carbocycles. The fourth-order valence-corrected chi connectivity index (χ4v) is 5.64. The predicted octanol–water partition coefficient (Wildman–Crippen LogP) is 3.06. The second-order valence-corrected chi connectivity index (χ2v) is 10.0. The minimum atomic E-state index is -0.0899. The van der Waals surface area contributed by atoms with Crippen molar-refractivity contribution in [3.05, 3.63) is 47.0 Å². The van der Waals surface area contributed by atoms with Gasteiger partial charge in [-0.2, -0.15) is 0 Å². The normalized spacial score (nSPS) is 23.3. The van der Waals surface area contributed by atoms with Crippen molar-refractivity contribution in [3.8, 4) is 0 Å². The monoisotopic (exact) mass is 435 g/mol. The summed E-state index contributed by atoms with van der Waals surface area (Å²) in [5.41, 5.74) is 2.40. The number of benzene rings is 1. The molecule has 3 aliphatic rings. The highest BCUT2D eigenvalue weighted by atomic mass is 16.2. The van der Waals surface area contributed by atoms with Crippen LogP contribution in [-0.4, -0.2) is 50.6 Å². The van der Waals surface area contributed by atoms with Crippen LogP contribution in [0.3, 0.4) is 0 Å². The summed E-state index contributed by atoms with van der Waals surface area (Å²) in [5, 5.41) is 11.7. The minimum Gasteiger partial charge on any atom is -0.347 e. The molecule has 1 aromatic carbocycles. The maximum atomic E-state index is 12.9. The molecule has 1 spiro atoms. The Kier molecular flexibility index (Phi) is 5.74. The van der Waals surface area contributed by atoms with Gasteiger partial charge in [0.15, 0.2) is 0 Å². The number of fused-ring (bicyclic) bond motifs is 1. The van der Waals surface area contributed by atoms with E-state index in [1.807, 2.05) is 9.47 Å². The second-order valence-electron chi connectivity index (χ2n) is 10.0. The number of nitrogens with one attached hydrogen (secondary N) is 1. The summed E-state index contributed by atoms with van der Waals surface area (Å²) in [6, 6.07) is 8.50. The van der Waals surface area contributed by atoms with Gasteiger partial charge in [0.1, 0.15) is 5.82 Å². The van der Waals surface area contributed by atoms with Gasteiger partial charge in [0.05, 0.1) is 6.42 Å². The number of hydrogen-bond donors (Lipinski definition) is 1. The molecule has 0 bridgehead atoms. The number of likely N-dealkylation sites (tertiary alicyclic amines) is 1. The Bertz CT molecular complexity index is 992. The molecule has 7 heteroatoms. The van der Waals surface area contributed by atoms with Gasteiger partial charge in [-0.15, -0.1) is 10.2 Å². The van der Waals surface area contributed by atoms with Gasteiger partial charge in [-0.1, -0.05) is 42.7 Å². The molecule has 1 atom stereocenters. The lowest BCUT2D eigenvalue weighted by Crippen LogP contribution is -2.35. The minimum absolute atomic E-state index is 0.0899. The Balaban J connectivity index is 1.22. The smallest absolute Gasteiger partial charge is 0.289 e. The quantitative estimate of drug-likeness (QED) is 0.800. The van der Waals surface area contributed by atoms with Crippen LogP contribution in [0.15, 0.2) is 24.3 Å². The zero-order valence-corrected chi connectivity index (χ0v) is 19.0. The summed E-state index contributed by atoms with van der Waals surface area (Å²) in [7, 11) is 0. The number of rotatable bonds is 4. The largest absolute Gasteiger partial charge is 0.347 e. The van der Waals surface area contributed by atoms with E-state index in [0.29, 0.717) is 12.2 Å². The topological polar surface area (TPSA) is 80.1 Å². The van der Waals surface area contributed by atoms with Crippen molar-refractivity contribution < 1.29 is 9.59 Å². The fraction of sp³-hybridized carbons (Fsp3) is 0.600. The molecule has 1 saturated heterocycles. The summed E-state index contributed by atoms with van der Waals surface area (Å²) < 4.78 is 2.02. The molecule has 1 aliphatic carbocycles. The van der Waals surface area contributed by atoms with Crippen molar-refractivity contribution in [1.82, 2.24) is 25.0 Å². The standard InChI is InChI=1S/C25H33N5O2/c1-18-6-8-19(9-7-18)16-22(31)29-14-12-25(17-29)11-10-21-27-28-23(30(21)15-13-25)24(32)26-20-4-2-3-5-20/h6-9,20H,2-5,10-17H2,1H3,(H,26,32)/t25-/m0/s1. The van der Waals surface area contributed by atoms with Crippen molar-refractivity contribution in [2.75, 3.05) is 13.1 Å². The lowest BCUT2D eigenvalue weighted by atomic mass is 9.80. The van der Waals surface area contributed by atoms with E-state index in [0.717, 1.165) is 69.5 Å². The number of aryl methyl sites for hydroxylation is 2. The van der Waals surface area contributed by atoms with Crippen molar-refractivity contribution in [3.63, 3.8) is 0 Å². The summed E-state index contributed by atoms with van der Waals surface area (Å²) in [5.74, 6) is 1.48. The zero-order chi connectivity index (χ0) is 22.1. The molecule has 2 aliphatic heterocycles. The van der Waals surface area contributed by atoms with E-state index < -0.39 is 0 Å². The summed E-state index contributed by atoms with van der Waals surface area (Å²) in [6.45, 7) is 4.43. The van der Waals surface area contributed by atoms with Crippen molar-refractivity contribution >= 4 is 11.8 Å². The maximum Gasteiger partial charge on any atom is 0.289 e. The van der Waals surface area contributed by atoms with E-state index in [2.05, 4.69) is 46.7 Å². The molecule has 5 rings (SSSR count). The van der Waals surface area contributed by atoms with E-state index in [1.54, 1.807) is 0 Å². The highest BCUT2D eigenvalue weighted by Crippen LogP contribution is 2.41. The van der Waals surface area contributed by atoms with Gasteiger partial charge in [0.25, 0.3) is 5.91 Å². The summed E-state index contributed by atoms with van der Waals surface area (Å²) >= 11 is 0. The third kappa shape index (κ3) is 4.30. The fourth-order valence-electron chi connectivity index (χ4n) is 5.64. The maximum absolute atomic E-state index is 12.9. The van der Waals surface area contributed by atoms with Crippen molar-refractivity contribution in [2.45, 2.75) is 77.3 Å². The number of nitrogens with zero attached hydrogens (tertiary/aromatic N) is 4. The Hall–Kier alpha value is -2.70. The van der Waals surface area contributed by atoms with Gasteiger partial charge in [-0.3, -0.25) is 9.59 Å². The van der Waals surface area contributed by atoms with Crippen molar-refractivity contribution in [1.29, 1.82) is 0 Å². The third-order valence-electron chi connectivity index (χ3n) is 7.73. The molecule has 1 aromatic heterocycles. The van der Waals surface area contributed by atoms with Crippen LogP contribution in [0.4, 0.5) is 0 Å². The third-order valence-corrected chi connectivity index (χ3v) is 7.73. The first-order valence-electron chi connectivity index (χ1n) is 12.1. The van der Waals surface area contributed by atoms with E-state index in [-0.39, 0.29) is 23.3 Å². The van der Waals surface area contributed by atoms with Gasteiger partial charge >= 0.3 is 0 Å². The molecule has 170 valence electrons. The molecule has 0 unspecified atom stereocenters. The molecule has 2 aromatic rings. The molecule has 0 radical (unpaired) electrons. The van der Waals surface area contributed by atoms with Crippen LogP contribution < -0.4 is 5.32 Å². The van der Waals surface area contributed by atoms with Crippen molar-refractivity contribution in [2.24, 2.45) is 5.41 Å². The second kappa shape index (κ2) is 8.68.